The van der Waals surface area contributed by atoms with Gasteiger partial charge in [-0.25, -0.2) is 0 Å². The molecule has 1 aliphatic heterocycles. The molecule has 0 spiro atoms. The first kappa shape index (κ1) is 35.7. The summed E-state index contributed by atoms with van der Waals surface area (Å²) in [6, 6.07) is 22.4. The number of ether oxygens (including phenoxy) is 1. The molecule has 1 saturated heterocycles. The molecule has 1 N–H and O–H groups in total. The van der Waals surface area contributed by atoms with E-state index < -0.39 is 11.7 Å². The number of carbonyl (C=O) groups is 2. The van der Waals surface area contributed by atoms with Crippen LogP contribution in [0.2, 0.25) is 0 Å². The zero-order valence-corrected chi connectivity index (χ0v) is 28.1. The van der Waals surface area contributed by atoms with Gasteiger partial charge in [0.25, 0.3) is 5.91 Å². The maximum Gasteiger partial charge on any atom is 0.416 e. The molecule has 1 heterocycles. The van der Waals surface area contributed by atoms with Crippen LogP contribution in [0.3, 0.4) is 0 Å². The van der Waals surface area contributed by atoms with Crippen LogP contribution in [0.1, 0.15) is 105 Å². The van der Waals surface area contributed by atoms with E-state index in [4.69, 9.17) is 4.74 Å². The van der Waals surface area contributed by atoms with Crippen LogP contribution in [0, 0.1) is 0 Å². The topological polar surface area (TPSA) is 58.6 Å². The number of hydrogen-bond acceptors (Lipinski definition) is 4. The lowest BCUT2D eigenvalue weighted by Gasteiger charge is -2.36. The highest BCUT2D eigenvalue weighted by Crippen LogP contribution is 2.38. The number of likely N-dealkylation sites (tertiary alicyclic amines) is 1. The molecule has 1 amide bonds. The molecule has 5 rings (SSSR count). The first-order valence-corrected chi connectivity index (χ1v) is 17.7. The highest BCUT2D eigenvalue weighted by Gasteiger charge is 2.35. The standard InChI is InChI=1S/C40H49F3N2O3/c1-2-39(31-13-6-5-7-14-31,29-37(46)48-34-15-8-3-4-9-16-34)25-12-26-45-27-23-33(24-28-45)44-38(47)36-18-11-10-17-35(36)30-19-21-32(22-20-30)40(41,42)43/h5-7,10-11,13-14,17-22,33-34H,2-4,8-9,12,15-16,23-29H2,1H3,(H,44,47). The van der Waals surface area contributed by atoms with Crippen molar-refractivity contribution in [2.75, 3.05) is 19.6 Å². The van der Waals surface area contributed by atoms with Crippen molar-refractivity contribution in [1.29, 1.82) is 0 Å². The van der Waals surface area contributed by atoms with E-state index in [2.05, 4.69) is 41.4 Å². The second-order valence-electron chi connectivity index (χ2n) is 13.6. The average Bonchev–Trinajstić information content (AvgIpc) is 3.37. The smallest absolute Gasteiger partial charge is 0.416 e. The molecule has 0 radical (unpaired) electrons. The Hall–Kier alpha value is -3.65. The van der Waals surface area contributed by atoms with Crippen molar-refractivity contribution in [2.24, 2.45) is 0 Å². The largest absolute Gasteiger partial charge is 0.462 e. The van der Waals surface area contributed by atoms with Gasteiger partial charge in [0, 0.05) is 30.1 Å². The normalized spacial score (nSPS) is 18.1. The first-order chi connectivity index (χ1) is 23.2. The molecule has 48 heavy (non-hydrogen) atoms. The van der Waals surface area contributed by atoms with E-state index in [1.54, 1.807) is 24.3 Å². The van der Waals surface area contributed by atoms with Gasteiger partial charge in [0.1, 0.15) is 6.10 Å². The van der Waals surface area contributed by atoms with Crippen LogP contribution < -0.4 is 5.32 Å². The van der Waals surface area contributed by atoms with Crippen molar-refractivity contribution in [1.82, 2.24) is 10.2 Å². The Bertz CT molecular complexity index is 1460. The minimum atomic E-state index is -4.41. The van der Waals surface area contributed by atoms with E-state index in [9.17, 15) is 22.8 Å². The molecule has 1 saturated carbocycles. The van der Waals surface area contributed by atoms with E-state index in [-0.39, 0.29) is 29.4 Å². The second-order valence-corrected chi connectivity index (χ2v) is 13.6. The number of carbonyl (C=O) groups excluding carboxylic acids is 2. The lowest BCUT2D eigenvalue weighted by molar-refractivity contribution is -0.151. The summed E-state index contributed by atoms with van der Waals surface area (Å²) in [7, 11) is 0. The van der Waals surface area contributed by atoms with Gasteiger partial charge in [0.05, 0.1) is 12.0 Å². The lowest BCUT2D eigenvalue weighted by Crippen LogP contribution is -2.45. The minimum Gasteiger partial charge on any atom is -0.462 e. The Labute approximate surface area is 283 Å². The first-order valence-electron chi connectivity index (χ1n) is 17.7. The molecule has 5 nitrogen and oxygen atoms in total. The third-order valence-electron chi connectivity index (χ3n) is 10.4. The Morgan fingerprint density at radius 2 is 1.46 bits per heavy atom. The van der Waals surface area contributed by atoms with Gasteiger partial charge in [-0.15, -0.1) is 0 Å². The fourth-order valence-corrected chi connectivity index (χ4v) is 7.47. The summed E-state index contributed by atoms with van der Waals surface area (Å²) in [5, 5.41) is 3.17. The van der Waals surface area contributed by atoms with Crippen molar-refractivity contribution >= 4 is 11.9 Å². The fraction of sp³-hybridized carbons (Fsp3) is 0.500. The van der Waals surface area contributed by atoms with Crippen LogP contribution in [0.15, 0.2) is 78.9 Å². The van der Waals surface area contributed by atoms with Gasteiger partial charge in [0.15, 0.2) is 0 Å². The van der Waals surface area contributed by atoms with Crippen molar-refractivity contribution in [3.05, 3.63) is 95.6 Å². The number of nitrogens with zero attached hydrogens (tertiary/aromatic N) is 1. The lowest BCUT2D eigenvalue weighted by atomic mass is 9.72. The number of amides is 1. The number of benzene rings is 3. The predicted octanol–water partition coefficient (Wildman–Crippen LogP) is 9.35. The van der Waals surface area contributed by atoms with Gasteiger partial charge in [-0.2, -0.15) is 13.2 Å². The molecule has 2 aliphatic rings. The minimum absolute atomic E-state index is 0.0206. The highest BCUT2D eigenvalue weighted by molar-refractivity contribution is 6.01. The van der Waals surface area contributed by atoms with Crippen LogP contribution in [0.25, 0.3) is 11.1 Å². The van der Waals surface area contributed by atoms with Gasteiger partial charge < -0.3 is 15.0 Å². The number of esters is 1. The highest BCUT2D eigenvalue weighted by atomic mass is 19.4. The summed E-state index contributed by atoms with van der Waals surface area (Å²) in [6.07, 6.45) is 7.03. The third-order valence-corrected chi connectivity index (χ3v) is 10.4. The molecule has 258 valence electrons. The molecule has 1 aliphatic carbocycles. The van der Waals surface area contributed by atoms with Crippen molar-refractivity contribution in [3.63, 3.8) is 0 Å². The van der Waals surface area contributed by atoms with Crippen LogP contribution >= 0.6 is 0 Å². The van der Waals surface area contributed by atoms with E-state index in [0.717, 1.165) is 89.6 Å². The van der Waals surface area contributed by atoms with E-state index >= 15 is 0 Å². The molecule has 3 aromatic carbocycles. The van der Waals surface area contributed by atoms with Crippen molar-refractivity contribution < 1.29 is 27.5 Å². The average molecular weight is 663 g/mol. The van der Waals surface area contributed by atoms with Crippen molar-refractivity contribution in [3.8, 4) is 11.1 Å². The number of piperidine rings is 1. The Balaban J connectivity index is 1.14. The molecule has 1 atom stereocenters. The number of hydrogen-bond donors (Lipinski definition) is 1. The molecule has 0 aromatic heterocycles. The fourth-order valence-electron chi connectivity index (χ4n) is 7.47. The molecular formula is C40H49F3N2O3. The molecular weight excluding hydrogens is 613 g/mol. The zero-order chi connectivity index (χ0) is 34.0. The molecule has 8 heteroatoms. The van der Waals surface area contributed by atoms with Crippen LogP contribution in [0.5, 0.6) is 0 Å². The number of rotatable bonds is 12. The van der Waals surface area contributed by atoms with Gasteiger partial charge in [-0.1, -0.05) is 80.4 Å². The van der Waals surface area contributed by atoms with Crippen LogP contribution in [-0.2, 0) is 21.1 Å². The molecule has 2 fully saturated rings. The van der Waals surface area contributed by atoms with Gasteiger partial charge in [0.2, 0.25) is 0 Å². The molecule has 3 aromatic rings. The van der Waals surface area contributed by atoms with E-state index in [1.807, 2.05) is 6.07 Å². The second kappa shape index (κ2) is 16.6. The maximum absolute atomic E-state index is 13.4. The SMILES string of the molecule is CCC(CCCN1CCC(NC(=O)c2ccccc2-c2ccc(C(F)(F)F)cc2)CC1)(CC(=O)OC1CCCCCC1)c1ccccc1. The summed E-state index contributed by atoms with van der Waals surface area (Å²) in [5.41, 5.74) is 1.85. The summed E-state index contributed by atoms with van der Waals surface area (Å²) in [6.45, 7) is 4.82. The summed E-state index contributed by atoms with van der Waals surface area (Å²) < 4.78 is 45.3. The predicted molar refractivity (Wildman–Crippen MR) is 184 cm³/mol. The number of alkyl halides is 3. The summed E-state index contributed by atoms with van der Waals surface area (Å²) in [4.78, 5) is 29.1. The molecule has 0 bridgehead atoms. The molecule has 1 unspecified atom stereocenters. The monoisotopic (exact) mass is 662 g/mol. The van der Waals surface area contributed by atoms with Crippen LogP contribution in [0.4, 0.5) is 13.2 Å². The quantitative estimate of drug-likeness (QED) is 0.155. The number of nitrogens with one attached hydrogen (secondary N) is 1. The van der Waals surface area contributed by atoms with Gasteiger partial charge in [-0.05, 0) is 99.2 Å². The van der Waals surface area contributed by atoms with Crippen molar-refractivity contribution in [2.45, 2.75) is 108 Å². The third kappa shape index (κ3) is 9.49. The van der Waals surface area contributed by atoms with Crippen LogP contribution in [-0.4, -0.2) is 48.6 Å². The van der Waals surface area contributed by atoms with Gasteiger partial charge >= 0.3 is 12.1 Å². The Morgan fingerprint density at radius 3 is 2.10 bits per heavy atom. The summed E-state index contributed by atoms with van der Waals surface area (Å²) in [5.74, 6) is -0.292. The zero-order valence-electron chi connectivity index (χ0n) is 28.1. The van der Waals surface area contributed by atoms with E-state index in [1.165, 1.54) is 30.5 Å². The number of halogens is 3. The van der Waals surface area contributed by atoms with Gasteiger partial charge in [-0.3, -0.25) is 9.59 Å². The summed E-state index contributed by atoms with van der Waals surface area (Å²) >= 11 is 0. The Kier molecular flexibility index (Phi) is 12.4. The maximum atomic E-state index is 13.4. The van der Waals surface area contributed by atoms with E-state index in [0.29, 0.717) is 23.1 Å². The Morgan fingerprint density at radius 1 is 0.812 bits per heavy atom.